The zero-order chi connectivity index (χ0) is 21.7. The van der Waals surface area contributed by atoms with E-state index in [4.69, 9.17) is 0 Å². The van der Waals surface area contributed by atoms with Gasteiger partial charge in [-0.15, -0.1) is 0 Å². The number of ether oxygens (including phenoxy) is 1. The van der Waals surface area contributed by atoms with Gasteiger partial charge in [-0.05, 0) is 56.2 Å². The maximum atomic E-state index is 13.1. The van der Waals surface area contributed by atoms with Crippen molar-refractivity contribution in [3.63, 3.8) is 0 Å². The van der Waals surface area contributed by atoms with Crippen molar-refractivity contribution in [1.29, 1.82) is 0 Å². The second-order valence-corrected chi connectivity index (χ2v) is 9.29. The van der Waals surface area contributed by atoms with E-state index in [1.165, 1.54) is 11.4 Å². The summed E-state index contributed by atoms with van der Waals surface area (Å²) in [5.41, 5.74) is 1.91. The SMILES string of the molecule is COC(=O)c1ccc(NC(=O)C[C@H]2CCCCN2S(=O)(=O)c2ccc(C)cc2)cc1. The van der Waals surface area contributed by atoms with E-state index in [1.54, 1.807) is 48.5 Å². The molecule has 1 heterocycles. The lowest BCUT2D eigenvalue weighted by Gasteiger charge is -2.34. The number of anilines is 1. The predicted octanol–water partition coefficient (Wildman–Crippen LogP) is 3.35. The van der Waals surface area contributed by atoms with Crippen LogP contribution in [0, 0.1) is 6.92 Å². The fourth-order valence-corrected chi connectivity index (χ4v) is 5.27. The molecule has 0 spiro atoms. The van der Waals surface area contributed by atoms with E-state index >= 15 is 0 Å². The molecule has 30 heavy (non-hydrogen) atoms. The third-order valence-corrected chi connectivity index (χ3v) is 7.18. The number of carbonyl (C=O) groups excluding carboxylic acids is 2. The summed E-state index contributed by atoms with van der Waals surface area (Å²) in [6.45, 7) is 2.31. The molecule has 0 unspecified atom stereocenters. The summed E-state index contributed by atoms with van der Waals surface area (Å²) >= 11 is 0. The summed E-state index contributed by atoms with van der Waals surface area (Å²) in [6.07, 6.45) is 2.37. The zero-order valence-electron chi connectivity index (χ0n) is 17.1. The standard InChI is InChI=1S/C22H26N2O5S/c1-16-6-12-20(13-7-16)30(27,28)24-14-4-3-5-19(24)15-21(25)23-18-10-8-17(9-11-18)22(26)29-2/h6-13,19H,3-5,14-15H2,1-2H3,(H,23,25)/t19-/m1/s1. The molecule has 0 aliphatic carbocycles. The van der Waals surface area contributed by atoms with Crippen LogP contribution in [0.5, 0.6) is 0 Å². The smallest absolute Gasteiger partial charge is 0.337 e. The number of esters is 1. The van der Waals surface area contributed by atoms with Crippen LogP contribution in [-0.2, 0) is 19.6 Å². The topological polar surface area (TPSA) is 92.8 Å². The van der Waals surface area contributed by atoms with Crippen molar-refractivity contribution in [3.05, 3.63) is 59.7 Å². The number of amides is 1. The average Bonchev–Trinajstić information content (AvgIpc) is 2.74. The van der Waals surface area contributed by atoms with Gasteiger partial charge in [0.1, 0.15) is 0 Å². The number of aryl methyl sites for hydroxylation is 1. The molecule has 3 rings (SSSR count). The fourth-order valence-electron chi connectivity index (χ4n) is 3.57. The molecule has 2 aromatic rings. The molecule has 1 fully saturated rings. The lowest BCUT2D eigenvalue weighted by molar-refractivity contribution is -0.117. The zero-order valence-corrected chi connectivity index (χ0v) is 17.9. The van der Waals surface area contributed by atoms with Gasteiger partial charge in [-0.1, -0.05) is 24.1 Å². The fraction of sp³-hybridized carbons (Fsp3) is 0.364. The van der Waals surface area contributed by atoms with Crippen LogP contribution in [0.25, 0.3) is 0 Å². The van der Waals surface area contributed by atoms with Crippen LogP contribution in [0.15, 0.2) is 53.4 Å². The first-order chi connectivity index (χ1) is 14.3. The van der Waals surface area contributed by atoms with Gasteiger partial charge in [-0.2, -0.15) is 4.31 Å². The molecule has 1 atom stereocenters. The van der Waals surface area contributed by atoms with Crippen LogP contribution in [0.3, 0.4) is 0 Å². The summed E-state index contributed by atoms with van der Waals surface area (Å²) in [5, 5.41) is 2.78. The van der Waals surface area contributed by atoms with Crippen LogP contribution < -0.4 is 5.32 Å². The van der Waals surface area contributed by atoms with Gasteiger partial charge in [0.15, 0.2) is 0 Å². The number of nitrogens with zero attached hydrogens (tertiary/aromatic N) is 1. The van der Waals surface area contributed by atoms with Gasteiger partial charge < -0.3 is 10.1 Å². The summed E-state index contributed by atoms with van der Waals surface area (Å²) in [6, 6.07) is 12.7. The third-order valence-electron chi connectivity index (χ3n) is 5.21. The molecule has 0 aromatic heterocycles. The minimum Gasteiger partial charge on any atom is -0.465 e. The van der Waals surface area contributed by atoms with Gasteiger partial charge in [-0.25, -0.2) is 13.2 Å². The van der Waals surface area contributed by atoms with E-state index < -0.39 is 16.0 Å². The molecule has 0 saturated carbocycles. The molecule has 160 valence electrons. The van der Waals surface area contributed by atoms with Gasteiger partial charge in [-0.3, -0.25) is 4.79 Å². The van der Waals surface area contributed by atoms with E-state index in [0.717, 1.165) is 18.4 Å². The van der Waals surface area contributed by atoms with Gasteiger partial charge in [0.25, 0.3) is 0 Å². The third kappa shape index (κ3) is 5.06. The van der Waals surface area contributed by atoms with E-state index in [2.05, 4.69) is 10.1 Å². The van der Waals surface area contributed by atoms with Crippen molar-refractivity contribution in [2.75, 3.05) is 19.0 Å². The highest BCUT2D eigenvalue weighted by Gasteiger charge is 2.34. The number of methoxy groups -OCH3 is 1. The van der Waals surface area contributed by atoms with Gasteiger partial charge >= 0.3 is 5.97 Å². The first kappa shape index (κ1) is 22.0. The van der Waals surface area contributed by atoms with Crippen molar-refractivity contribution < 1.29 is 22.7 Å². The molecule has 1 N–H and O–H groups in total. The molecule has 0 bridgehead atoms. The highest BCUT2D eigenvalue weighted by Crippen LogP contribution is 2.27. The second kappa shape index (κ2) is 9.40. The number of sulfonamides is 1. The molecule has 1 amide bonds. The number of rotatable bonds is 6. The van der Waals surface area contributed by atoms with Crippen molar-refractivity contribution >= 4 is 27.6 Å². The quantitative estimate of drug-likeness (QED) is 0.710. The molecule has 8 heteroatoms. The normalized spacial score (nSPS) is 17.3. The molecular weight excluding hydrogens is 404 g/mol. The Hall–Kier alpha value is -2.71. The van der Waals surface area contributed by atoms with Crippen LogP contribution in [0.4, 0.5) is 5.69 Å². The molecule has 1 saturated heterocycles. The van der Waals surface area contributed by atoms with Crippen LogP contribution in [0.1, 0.15) is 41.6 Å². The van der Waals surface area contributed by atoms with Crippen LogP contribution in [-0.4, -0.2) is 44.3 Å². The van der Waals surface area contributed by atoms with E-state index in [9.17, 15) is 18.0 Å². The number of carbonyl (C=O) groups is 2. The Bertz CT molecular complexity index is 1000. The molecule has 1 aliphatic heterocycles. The maximum absolute atomic E-state index is 13.1. The highest BCUT2D eigenvalue weighted by molar-refractivity contribution is 7.89. The van der Waals surface area contributed by atoms with E-state index in [0.29, 0.717) is 24.2 Å². The van der Waals surface area contributed by atoms with E-state index in [1.807, 2.05) is 6.92 Å². The Morgan fingerprint density at radius 1 is 1.07 bits per heavy atom. The summed E-state index contributed by atoms with van der Waals surface area (Å²) in [5.74, 6) is -0.719. The van der Waals surface area contributed by atoms with Crippen molar-refractivity contribution in [1.82, 2.24) is 4.31 Å². The molecular formula is C22H26N2O5S. The lowest BCUT2D eigenvalue weighted by Crippen LogP contribution is -2.45. The summed E-state index contributed by atoms with van der Waals surface area (Å²) < 4.78 is 32.4. The first-order valence-corrected chi connectivity index (χ1v) is 11.3. The highest BCUT2D eigenvalue weighted by atomic mass is 32.2. The molecule has 0 radical (unpaired) electrons. The predicted molar refractivity (Wildman–Crippen MR) is 114 cm³/mol. The Morgan fingerprint density at radius 2 is 1.73 bits per heavy atom. The monoisotopic (exact) mass is 430 g/mol. The Kier molecular flexibility index (Phi) is 6.89. The Labute approximate surface area is 177 Å². The second-order valence-electron chi connectivity index (χ2n) is 7.40. The Balaban J connectivity index is 1.70. The first-order valence-electron chi connectivity index (χ1n) is 9.88. The number of nitrogens with one attached hydrogen (secondary N) is 1. The Morgan fingerprint density at radius 3 is 2.37 bits per heavy atom. The number of piperidine rings is 1. The summed E-state index contributed by atoms with van der Waals surface area (Å²) in [4.78, 5) is 24.3. The maximum Gasteiger partial charge on any atom is 0.337 e. The minimum absolute atomic E-state index is 0.0733. The van der Waals surface area contributed by atoms with Gasteiger partial charge in [0, 0.05) is 24.7 Å². The van der Waals surface area contributed by atoms with Gasteiger partial charge in [0.05, 0.1) is 17.6 Å². The van der Waals surface area contributed by atoms with Crippen molar-refractivity contribution in [2.24, 2.45) is 0 Å². The average molecular weight is 431 g/mol. The molecule has 7 nitrogen and oxygen atoms in total. The number of benzene rings is 2. The minimum atomic E-state index is -3.66. The summed E-state index contributed by atoms with van der Waals surface area (Å²) in [7, 11) is -2.36. The van der Waals surface area contributed by atoms with Crippen LogP contribution in [0.2, 0.25) is 0 Å². The van der Waals surface area contributed by atoms with Crippen molar-refractivity contribution in [2.45, 2.75) is 43.5 Å². The van der Waals surface area contributed by atoms with Gasteiger partial charge in [0.2, 0.25) is 15.9 Å². The molecule has 2 aromatic carbocycles. The van der Waals surface area contributed by atoms with Crippen molar-refractivity contribution in [3.8, 4) is 0 Å². The van der Waals surface area contributed by atoms with E-state index in [-0.39, 0.29) is 23.3 Å². The number of hydrogen-bond donors (Lipinski definition) is 1. The molecule has 1 aliphatic rings. The largest absolute Gasteiger partial charge is 0.465 e. The number of hydrogen-bond acceptors (Lipinski definition) is 5. The lowest BCUT2D eigenvalue weighted by atomic mass is 10.0. The van der Waals surface area contributed by atoms with Crippen LogP contribution >= 0.6 is 0 Å².